The Hall–Kier alpha value is -2.04. The van der Waals surface area contributed by atoms with Gasteiger partial charge in [0.1, 0.15) is 11.4 Å². The number of phenols is 1. The maximum Gasteiger partial charge on any atom is 0.415 e. The van der Waals surface area contributed by atoms with E-state index >= 15 is 0 Å². The minimum Gasteiger partial charge on any atom is -0.507 e. The first kappa shape index (κ1) is 16.0. The zero-order chi connectivity index (χ0) is 15.5. The summed E-state index contributed by atoms with van der Waals surface area (Å²) in [5.74, 6) is -0.160. The molecule has 0 heterocycles. The van der Waals surface area contributed by atoms with Gasteiger partial charge in [0.05, 0.1) is 11.3 Å². The van der Waals surface area contributed by atoms with Crippen molar-refractivity contribution in [1.82, 2.24) is 0 Å². The zero-order valence-corrected chi connectivity index (χ0v) is 12.5. The Labute approximate surface area is 119 Å². The average molecular weight is 279 g/mol. The fourth-order valence-corrected chi connectivity index (χ4v) is 1.71. The highest BCUT2D eigenvalue weighted by Gasteiger charge is 2.26. The van der Waals surface area contributed by atoms with E-state index < -0.39 is 11.7 Å². The number of carbonyl (C=O) groups is 2. The molecule has 5 nitrogen and oxygen atoms in total. The minimum atomic E-state index is -0.602. The molecule has 0 atom stereocenters. The summed E-state index contributed by atoms with van der Waals surface area (Å²) in [5, 5.41) is 9.73. The highest BCUT2D eigenvalue weighted by molar-refractivity contribution is 5.90. The van der Waals surface area contributed by atoms with Gasteiger partial charge in [-0.25, -0.2) is 4.79 Å². The molecule has 0 bridgehead atoms. The molecule has 0 unspecified atom stereocenters. The van der Waals surface area contributed by atoms with Crippen molar-refractivity contribution < 1.29 is 19.4 Å². The largest absolute Gasteiger partial charge is 0.507 e. The molecule has 5 heteroatoms. The molecule has 1 aromatic carbocycles. The van der Waals surface area contributed by atoms with Crippen LogP contribution >= 0.6 is 0 Å². The Balaban J connectivity index is 3.11. The van der Waals surface area contributed by atoms with Crippen LogP contribution in [0.4, 0.5) is 10.5 Å². The van der Waals surface area contributed by atoms with Crippen LogP contribution in [0.3, 0.4) is 0 Å². The highest BCUT2D eigenvalue weighted by Crippen LogP contribution is 2.26. The number of anilines is 1. The van der Waals surface area contributed by atoms with Crippen molar-refractivity contribution in [2.45, 2.75) is 46.3 Å². The van der Waals surface area contributed by atoms with Gasteiger partial charge >= 0.3 is 6.09 Å². The second kappa shape index (κ2) is 5.94. The summed E-state index contributed by atoms with van der Waals surface area (Å²) >= 11 is 0. The summed E-state index contributed by atoms with van der Waals surface area (Å²) < 4.78 is 5.35. The van der Waals surface area contributed by atoms with Crippen LogP contribution in [0.5, 0.6) is 5.75 Å². The fraction of sp³-hybridized carbons (Fsp3) is 0.467. The van der Waals surface area contributed by atoms with Crippen molar-refractivity contribution in [2.75, 3.05) is 4.90 Å². The van der Waals surface area contributed by atoms with Gasteiger partial charge in [0.2, 0.25) is 0 Å². The number of benzene rings is 1. The molecular formula is C15H21NO4. The second-order valence-corrected chi connectivity index (χ2v) is 5.81. The Morgan fingerprint density at radius 3 is 2.35 bits per heavy atom. The monoisotopic (exact) mass is 279 g/mol. The van der Waals surface area contributed by atoms with E-state index in [0.29, 0.717) is 12.0 Å². The third-order valence-electron chi connectivity index (χ3n) is 2.53. The van der Waals surface area contributed by atoms with Gasteiger partial charge in [-0.2, -0.15) is 0 Å². The van der Waals surface area contributed by atoms with Crippen molar-refractivity contribution in [3.8, 4) is 5.75 Å². The van der Waals surface area contributed by atoms with E-state index in [1.165, 1.54) is 17.0 Å². The van der Waals surface area contributed by atoms with Gasteiger partial charge in [-0.15, -0.1) is 0 Å². The van der Waals surface area contributed by atoms with Crippen LogP contribution in [-0.2, 0) is 4.74 Å². The number of hydrogen-bond acceptors (Lipinski definition) is 4. The van der Waals surface area contributed by atoms with E-state index in [4.69, 9.17) is 4.74 Å². The molecule has 0 fully saturated rings. The smallest absolute Gasteiger partial charge is 0.415 e. The SMILES string of the molecule is CC(C)N(C(=O)OC(C)(C)C)c1ccc(C=O)c(O)c1. The molecule has 0 saturated heterocycles. The van der Waals surface area contributed by atoms with Crippen molar-refractivity contribution in [1.29, 1.82) is 0 Å². The first-order valence-corrected chi connectivity index (χ1v) is 6.46. The molecule has 0 aromatic heterocycles. The van der Waals surface area contributed by atoms with Crippen molar-refractivity contribution in [3.63, 3.8) is 0 Å². The molecule has 0 radical (unpaired) electrons. The number of aldehydes is 1. The van der Waals surface area contributed by atoms with Crippen molar-refractivity contribution in [3.05, 3.63) is 23.8 Å². The van der Waals surface area contributed by atoms with Gasteiger partial charge in [0.25, 0.3) is 0 Å². The molecule has 1 N–H and O–H groups in total. The molecule has 20 heavy (non-hydrogen) atoms. The minimum absolute atomic E-state index is 0.147. The lowest BCUT2D eigenvalue weighted by molar-refractivity contribution is 0.0570. The van der Waals surface area contributed by atoms with Gasteiger partial charge < -0.3 is 9.84 Å². The number of aromatic hydroxyl groups is 1. The van der Waals surface area contributed by atoms with Gasteiger partial charge in [0.15, 0.2) is 6.29 Å². The standard InChI is InChI=1S/C15H21NO4/c1-10(2)16(14(19)20-15(3,4)5)12-7-6-11(9-17)13(18)8-12/h6-10,18H,1-5H3. The zero-order valence-electron chi connectivity index (χ0n) is 12.5. The van der Waals surface area contributed by atoms with E-state index in [0.717, 1.165) is 0 Å². The molecule has 1 amide bonds. The molecule has 0 aliphatic heterocycles. The number of rotatable bonds is 3. The van der Waals surface area contributed by atoms with Crippen LogP contribution in [0.1, 0.15) is 45.0 Å². The summed E-state index contributed by atoms with van der Waals surface area (Å²) in [6.45, 7) is 9.05. The molecule has 110 valence electrons. The van der Waals surface area contributed by atoms with Crippen LogP contribution in [-0.4, -0.2) is 29.1 Å². The summed E-state index contributed by atoms with van der Waals surface area (Å²) in [6, 6.07) is 4.31. The summed E-state index contributed by atoms with van der Waals surface area (Å²) in [7, 11) is 0. The predicted octanol–water partition coefficient (Wildman–Crippen LogP) is 3.35. The molecule has 0 aliphatic carbocycles. The Kier molecular flexibility index (Phi) is 4.76. The Morgan fingerprint density at radius 1 is 1.35 bits per heavy atom. The number of nitrogens with zero attached hydrogens (tertiary/aromatic N) is 1. The first-order chi connectivity index (χ1) is 9.15. The van der Waals surface area contributed by atoms with Crippen LogP contribution in [0.15, 0.2) is 18.2 Å². The fourth-order valence-electron chi connectivity index (χ4n) is 1.71. The normalized spacial score (nSPS) is 11.3. The predicted molar refractivity (Wildman–Crippen MR) is 77.3 cm³/mol. The van der Waals surface area contributed by atoms with E-state index in [2.05, 4.69) is 0 Å². The number of amides is 1. The van der Waals surface area contributed by atoms with E-state index in [-0.39, 0.29) is 17.4 Å². The molecule has 1 rings (SSSR count). The summed E-state index contributed by atoms with van der Waals surface area (Å²) in [4.78, 5) is 24.3. The van der Waals surface area contributed by atoms with E-state index in [9.17, 15) is 14.7 Å². The highest BCUT2D eigenvalue weighted by atomic mass is 16.6. The van der Waals surface area contributed by atoms with E-state index in [1.807, 2.05) is 13.8 Å². The van der Waals surface area contributed by atoms with Crippen LogP contribution in [0, 0.1) is 0 Å². The van der Waals surface area contributed by atoms with E-state index in [1.54, 1.807) is 26.8 Å². The summed E-state index contributed by atoms with van der Waals surface area (Å²) in [6.07, 6.45) is 0.0671. The number of phenolic OH excluding ortho intramolecular Hbond substituents is 1. The molecular weight excluding hydrogens is 258 g/mol. The van der Waals surface area contributed by atoms with Crippen LogP contribution in [0.25, 0.3) is 0 Å². The van der Waals surface area contributed by atoms with Gasteiger partial charge in [-0.3, -0.25) is 9.69 Å². The molecule has 1 aromatic rings. The third kappa shape index (κ3) is 3.98. The second-order valence-electron chi connectivity index (χ2n) is 5.81. The topological polar surface area (TPSA) is 66.8 Å². The lowest BCUT2D eigenvalue weighted by Gasteiger charge is -2.30. The number of hydrogen-bond donors (Lipinski definition) is 1. The maximum atomic E-state index is 12.2. The summed E-state index contributed by atoms with van der Waals surface area (Å²) in [5.41, 5.74) is 0.0636. The van der Waals surface area contributed by atoms with Crippen LogP contribution < -0.4 is 4.90 Å². The Morgan fingerprint density at radius 2 is 1.95 bits per heavy atom. The van der Waals surface area contributed by atoms with Gasteiger partial charge in [-0.1, -0.05) is 0 Å². The third-order valence-corrected chi connectivity index (χ3v) is 2.53. The van der Waals surface area contributed by atoms with Gasteiger partial charge in [0, 0.05) is 12.1 Å². The van der Waals surface area contributed by atoms with Crippen molar-refractivity contribution >= 4 is 18.1 Å². The molecule has 0 spiro atoms. The lowest BCUT2D eigenvalue weighted by Crippen LogP contribution is -2.41. The van der Waals surface area contributed by atoms with Gasteiger partial charge in [-0.05, 0) is 46.8 Å². The molecule has 0 saturated carbocycles. The maximum absolute atomic E-state index is 12.2. The van der Waals surface area contributed by atoms with Crippen molar-refractivity contribution in [2.24, 2.45) is 0 Å². The van der Waals surface area contributed by atoms with Crippen LogP contribution in [0.2, 0.25) is 0 Å². The average Bonchev–Trinajstić information content (AvgIpc) is 2.26. The lowest BCUT2D eigenvalue weighted by atomic mass is 10.1. The number of carbonyl (C=O) groups excluding carboxylic acids is 2. The Bertz CT molecular complexity index is 503. The molecule has 0 aliphatic rings. The quantitative estimate of drug-likeness (QED) is 0.861. The first-order valence-electron chi connectivity index (χ1n) is 6.46. The number of ether oxygens (including phenoxy) is 1.